The van der Waals surface area contributed by atoms with Gasteiger partial charge >= 0.3 is 6.03 Å². The van der Waals surface area contributed by atoms with Gasteiger partial charge in [0.05, 0.1) is 6.54 Å². The van der Waals surface area contributed by atoms with Crippen LogP contribution >= 0.6 is 11.3 Å². The quantitative estimate of drug-likeness (QED) is 0.770. The monoisotopic (exact) mass is 362 g/mol. The molecular formula is C16H15FN4O3S. The Morgan fingerprint density at radius 3 is 2.96 bits per heavy atom. The van der Waals surface area contributed by atoms with E-state index in [4.69, 9.17) is 0 Å². The number of carbonyl (C=O) groups excluding carboxylic acids is 3. The predicted octanol–water partition coefficient (Wildman–Crippen LogP) is 2.12. The Kier molecular flexibility index (Phi) is 5.03. The summed E-state index contributed by atoms with van der Waals surface area (Å²) in [4.78, 5) is 41.1. The molecule has 1 atom stereocenters. The van der Waals surface area contributed by atoms with Crippen LogP contribution in [0.5, 0.6) is 0 Å². The molecule has 7 nitrogen and oxygen atoms in total. The number of rotatable bonds is 6. The normalized spacial score (nSPS) is 16.8. The Morgan fingerprint density at radius 2 is 2.24 bits per heavy atom. The van der Waals surface area contributed by atoms with E-state index in [0.29, 0.717) is 10.7 Å². The Balaban J connectivity index is 1.54. The lowest BCUT2D eigenvalue weighted by Gasteiger charge is -2.13. The Hall–Kier alpha value is -2.81. The molecule has 1 aliphatic rings. The van der Waals surface area contributed by atoms with Crippen molar-refractivity contribution in [2.75, 3.05) is 5.32 Å². The maximum atomic E-state index is 13.2. The van der Waals surface area contributed by atoms with Crippen molar-refractivity contribution in [3.05, 3.63) is 47.2 Å². The highest BCUT2D eigenvalue weighted by Gasteiger charge is 2.37. The molecule has 1 aromatic carbocycles. The van der Waals surface area contributed by atoms with Gasteiger partial charge in [0.1, 0.15) is 11.9 Å². The number of benzene rings is 1. The summed E-state index contributed by atoms with van der Waals surface area (Å²) < 4.78 is 13.2. The summed E-state index contributed by atoms with van der Waals surface area (Å²) in [6, 6.07) is 4.42. The fourth-order valence-corrected chi connectivity index (χ4v) is 3.03. The summed E-state index contributed by atoms with van der Waals surface area (Å²) in [6.45, 7) is -0.00968. The summed E-state index contributed by atoms with van der Waals surface area (Å²) in [5.74, 6) is -1.13. The fraction of sp³-hybridized carbons (Fsp3) is 0.250. The molecule has 25 heavy (non-hydrogen) atoms. The van der Waals surface area contributed by atoms with E-state index in [1.54, 1.807) is 17.6 Å². The highest BCUT2D eigenvalue weighted by molar-refractivity contribution is 7.13. The molecule has 0 bridgehead atoms. The van der Waals surface area contributed by atoms with Gasteiger partial charge < -0.3 is 10.6 Å². The Bertz CT molecular complexity index is 796. The van der Waals surface area contributed by atoms with Gasteiger partial charge in [-0.15, -0.1) is 11.3 Å². The number of halogens is 1. The minimum Gasteiger partial charge on any atom is -0.326 e. The maximum Gasteiger partial charge on any atom is 0.325 e. The van der Waals surface area contributed by atoms with E-state index in [1.165, 1.54) is 29.5 Å². The van der Waals surface area contributed by atoms with Crippen molar-refractivity contribution in [2.24, 2.45) is 0 Å². The van der Waals surface area contributed by atoms with Crippen molar-refractivity contribution in [1.29, 1.82) is 0 Å². The first-order valence-corrected chi connectivity index (χ1v) is 8.46. The number of imide groups is 1. The molecule has 0 aliphatic carbocycles. The van der Waals surface area contributed by atoms with Crippen LogP contribution in [0.15, 0.2) is 35.8 Å². The number of carbonyl (C=O) groups is 3. The smallest absolute Gasteiger partial charge is 0.325 e. The first-order chi connectivity index (χ1) is 12.0. The van der Waals surface area contributed by atoms with Crippen molar-refractivity contribution in [3.8, 4) is 0 Å². The molecule has 1 saturated heterocycles. The van der Waals surface area contributed by atoms with E-state index in [1.807, 2.05) is 0 Å². The highest BCUT2D eigenvalue weighted by Crippen LogP contribution is 2.17. The highest BCUT2D eigenvalue weighted by atomic mass is 32.1. The second kappa shape index (κ2) is 7.39. The zero-order chi connectivity index (χ0) is 17.8. The van der Waals surface area contributed by atoms with Gasteiger partial charge in [-0.2, -0.15) is 0 Å². The van der Waals surface area contributed by atoms with Crippen molar-refractivity contribution in [3.63, 3.8) is 0 Å². The lowest BCUT2D eigenvalue weighted by atomic mass is 10.1. The Labute approximate surface area is 146 Å². The largest absolute Gasteiger partial charge is 0.326 e. The van der Waals surface area contributed by atoms with Crippen molar-refractivity contribution in [2.45, 2.75) is 25.4 Å². The number of amides is 4. The van der Waals surface area contributed by atoms with Crippen LogP contribution in [0.25, 0.3) is 0 Å². The first kappa shape index (κ1) is 17.0. The zero-order valence-corrected chi connectivity index (χ0v) is 13.9. The second-order valence-electron chi connectivity index (χ2n) is 5.48. The van der Waals surface area contributed by atoms with Gasteiger partial charge in [-0.1, -0.05) is 12.1 Å². The van der Waals surface area contributed by atoms with Gasteiger partial charge in [0, 0.05) is 18.0 Å². The zero-order valence-electron chi connectivity index (χ0n) is 13.1. The molecule has 0 radical (unpaired) electrons. The molecular weight excluding hydrogens is 347 g/mol. The molecule has 2 aromatic rings. The second-order valence-corrected chi connectivity index (χ2v) is 6.38. The van der Waals surface area contributed by atoms with E-state index < -0.39 is 23.8 Å². The SMILES string of the molecule is O=C(CC[C@@H]1NC(=O)N(Cc2cccc(F)c2)C1=O)Nc1nccs1. The molecule has 1 fully saturated rings. The molecule has 1 aromatic heterocycles. The summed E-state index contributed by atoms with van der Waals surface area (Å²) >= 11 is 1.29. The van der Waals surface area contributed by atoms with E-state index in [0.717, 1.165) is 4.90 Å². The van der Waals surface area contributed by atoms with Gasteiger partial charge in [-0.05, 0) is 24.1 Å². The molecule has 1 aliphatic heterocycles. The lowest BCUT2D eigenvalue weighted by molar-refractivity contribution is -0.128. The van der Waals surface area contributed by atoms with Crippen LogP contribution in [-0.4, -0.2) is 33.8 Å². The standard InChI is InChI=1S/C16H15FN4O3S/c17-11-3-1-2-10(8-11)9-21-14(23)12(19-16(21)24)4-5-13(22)20-15-18-6-7-25-15/h1-3,6-8,12H,4-5,9H2,(H,19,24)(H,18,20,22)/t12-/m0/s1. The van der Waals surface area contributed by atoms with Crippen LogP contribution < -0.4 is 10.6 Å². The molecule has 3 rings (SSSR count). The van der Waals surface area contributed by atoms with Gasteiger partial charge in [0.2, 0.25) is 5.91 Å². The van der Waals surface area contributed by atoms with Crippen LogP contribution in [0.3, 0.4) is 0 Å². The van der Waals surface area contributed by atoms with Gasteiger partial charge in [-0.3, -0.25) is 14.5 Å². The predicted molar refractivity (Wildman–Crippen MR) is 89.2 cm³/mol. The number of nitrogens with zero attached hydrogens (tertiary/aromatic N) is 2. The van der Waals surface area contributed by atoms with Crippen molar-refractivity contribution >= 4 is 34.3 Å². The number of thiazole rings is 1. The van der Waals surface area contributed by atoms with Gasteiger partial charge in [-0.25, -0.2) is 14.2 Å². The topological polar surface area (TPSA) is 91.4 Å². The van der Waals surface area contributed by atoms with Gasteiger partial charge in [0.25, 0.3) is 5.91 Å². The molecule has 9 heteroatoms. The molecule has 130 valence electrons. The van der Waals surface area contributed by atoms with Crippen molar-refractivity contribution < 1.29 is 18.8 Å². The third-order valence-electron chi connectivity index (χ3n) is 3.68. The molecule has 4 amide bonds. The van der Waals surface area contributed by atoms with Crippen LogP contribution in [0, 0.1) is 5.82 Å². The minimum absolute atomic E-state index is 0.00968. The number of nitrogens with one attached hydrogen (secondary N) is 2. The van der Waals surface area contributed by atoms with E-state index in [9.17, 15) is 18.8 Å². The van der Waals surface area contributed by atoms with E-state index in [2.05, 4.69) is 15.6 Å². The number of hydrogen-bond donors (Lipinski definition) is 2. The van der Waals surface area contributed by atoms with Crippen molar-refractivity contribution in [1.82, 2.24) is 15.2 Å². The summed E-state index contributed by atoms with van der Waals surface area (Å²) in [6.07, 6.45) is 1.83. The molecule has 0 unspecified atom stereocenters. The molecule has 0 saturated carbocycles. The summed E-state index contributed by atoms with van der Waals surface area (Å²) in [7, 11) is 0. The average molecular weight is 362 g/mol. The first-order valence-electron chi connectivity index (χ1n) is 7.58. The number of urea groups is 1. The van der Waals surface area contributed by atoms with Gasteiger partial charge in [0.15, 0.2) is 5.13 Å². The lowest BCUT2D eigenvalue weighted by Crippen LogP contribution is -2.31. The third-order valence-corrected chi connectivity index (χ3v) is 4.36. The van der Waals surface area contributed by atoms with E-state index in [-0.39, 0.29) is 25.3 Å². The fourth-order valence-electron chi connectivity index (χ4n) is 2.48. The van der Waals surface area contributed by atoms with Crippen LogP contribution in [-0.2, 0) is 16.1 Å². The van der Waals surface area contributed by atoms with Crippen LogP contribution in [0.1, 0.15) is 18.4 Å². The minimum atomic E-state index is -0.761. The summed E-state index contributed by atoms with van der Waals surface area (Å²) in [5.41, 5.74) is 0.519. The van der Waals surface area contributed by atoms with Crippen LogP contribution in [0.4, 0.5) is 14.3 Å². The number of anilines is 1. The molecule has 2 heterocycles. The Morgan fingerprint density at radius 1 is 1.40 bits per heavy atom. The van der Waals surface area contributed by atoms with Crippen LogP contribution in [0.2, 0.25) is 0 Å². The third kappa shape index (κ3) is 4.18. The molecule has 2 N–H and O–H groups in total. The van der Waals surface area contributed by atoms with E-state index >= 15 is 0 Å². The average Bonchev–Trinajstić information content (AvgIpc) is 3.16. The summed E-state index contributed by atoms with van der Waals surface area (Å²) in [5, 5.41) is 7.39. The number of aromatic nitrogens is 1. The molecule has 0 spiro atoms. The number of hydrogen-bond acceptors (Lipinski definition) is 5. The maximum absolute atomic E-state index is 13.2.